The number of aromatic nitrogens is 1. The summed E-state index contributed by atoms with van der Waals surface area (Å²) in [5, 5.41) is 7.67. The van der Waals surface area contributed by atoms with Crippen LogP contribution in [0.15, 0.2) is 22.9 Å². The average molecular weight is 372 g/mol. The first-order valence-electron chi connectivity index (χ1n) is 7.08. The predicted molar refractivity (Wildman–Crippen MR) is 92.3 cm³/mol. The summed E-state index contributed by atoms with van der Waals surface area (Å²) < 4.78 is 23.4. The van der Waals surface area contributed by atoms with E-state index in [0.29, 0.717) is 12.1 Å². The second kappa shape index (κ2) is 6.31. The molecule has 2 aromatic rings. The number of hydrogen-bond donors (Lipinski definition) is 0. The van der Waals surface area contributed by atoms with Crippen molar-refractivity contribution in [1.82, 2.24) is 15.0 Å². The Kier molecular flexibility index (Phi) is 4.54. The van der Waals surface area contributed by atoms with Gasteiger partial charge in [0.15, 0.2) is 9.84 Å². The van der Waals surface area contributed by atoms with E-state index in [4.69, 9.17) is 0 Å². The second-order valence-corrected chi connectivity index (χ2v) is 9.60. The second-order valence-electron chi connectivity index (χ2n) is 5.57. The molecule has 1 saturated heterocycles. The van der Waals surface area contributed by atoms with Gasteiger partial charge in [0.05, 0.1) is 22.4 Å². The Bertz CT molecular complexity index is 796. The van der Waals surface area contributed by atoms with Gasteiger partial charge < -0.3 is 0 Å². The number of hydrazine groups is 1. The van der Waals surface area contributed by atoms with E-state index in [-0.39, 0.29) is 23.5 Å². The Morgan fingerprint density at radius 1 is 1.35 bits per heavy atom. The molecule has 1 amide bonds. The number of thiazole rings is 1. The van der Waals surface area contributed by atoms with E-state index in [9.17, 15) is 13.2 Å². The SMILES string of the molecule is CN(C)N(C(=O)c1csc(-c2cccs2)n1)C1CCS(=O)(=O)C1. The van der Waals surface area contributed by atoms with Crippen LogP contribution in [0.3, 0.4) is 0 Å². The molecule has 6 nitrogen and oxygen atoms in total. The van der Waals surface area contributed by atoms with Crippen LogP contribution in [-0.2, 0) is 9.84 Å². The lowest BCUT2D eigenvalue weighted by Crippen LogP contribution is -2.49. The Hall–Kier alpha value is -1.29. The number of nitrogens with zero attached hydrogens (tertiary/aromatic N) is 3. The summed E-state index contributed by atoms with van der Waals surface area (Å²) in [6.07, 6.45) is 0.466. The molecule has 23 heavy (non-hydrogen) atoms. The first-order chi connectivity index (χ1) is 10.9. The molecule has 0 N–H and O–H groups in total. The van der Waals surface area contributed by atoms with Crippen LogP contribution in [0.1, 0.15) is 16.9 Å². The lowest BCUT2D eigenvalue weighted by molar-refractivity contribution is 0.000550. The molecule has 1 aliphatic rings. The molecular weight excluding hydrogens is 354 g/mol. The summed E-state index contributed by atoms with van der Waals surface area (Å²) in [5.41, 5.74) is 0.358. The van der Waals surface area contributed by atoms with E-state index in [1.54, 1.807) is 35.8 Å². The first-order valence-corrected chi connectivity index (χ1v) is 10.7. The number of rotatable bonds is 4. The highest BCUT2D eigenvalue weighted by Crippen LogP contribution is 2.29. The van der Waals surface area contributed by atoms with Crippen molar-refractivity contribution in [3.05, 3.63) is 28.6 Å². The van der Waals surface area contributed by atoms with E-state index in [2.05, 4.69) is 4.98 Å². The van der Waals surface area contributed by atoms with Gasteiger partial charge in [0.25, 0.3) is 5.91 Å². The first kappa shape index (κ1) is 16.6. The number of carbonyl (C=O) groups is 1. The van der Waals surface area contributed by atoms with Crippen LogP contribution < -0.4 is 0 Å². The van der Waals surface area contributed by atoms with Crippen LogP contribution in [0.5, 0.6) is 0 Å². The normalized spacial score (nSPS) is 20.0. The summed E-state index contributed by atoms with van der Waals surface area (Å²) in [4.78, 5) is 18.3. The van der Waals surface area contributed by atoms with Crippen LogP contribution in [0.4, 0.5) is 0 Å². The molecule has 1 fully saturated rings. The highest BCUT2D eigenvalue weighted by atomic mass is 32.2. The molecule has 2 aromatic heterocycles. The van der Waals surface area contributed by atoms with Gasteiger partial charge in [-0.25, -0.2) is 18.4 Å². The molecule has 3 heterocycles. The zero-order valence-electron chi connectivity index (χ0n) is 12.8. The van der Waals surface area contributed by atoms with Crippen molar-refractivity contribution in [2.75, 3.05) is 25.6 Å². The van der Waals surface area contributed by atoms with Crippen LogP contribution in [0.25, 0.3) is 9.88 Å². The highest BCUT2D eigenvalue weighted by Gasteiger charge is 2.37. The van der Waals surface area contributed by atoms with Gasteiger partial charge in [-0.2, -0.15) is 0 Å². The molecule has 1 aliphatic heterocycles. The molecule has 1 unspecified atom stereocenters. The van der Waals surface area contributed by atoms with Crippen LogP contribution in [0.2, 0.25) is 0 Å². The van der Waals surface area contributed by atoms with E-state index in [1.807, 2.05) is 17.5 Å². The monoisotopic (exact) mass is 371 g/mol. The largest absolute Gasteiger partial charge is 0.287 e. The van der Waals surface area contributed by atoms with E-state index in [1.165, 1.54) is 16.3 Å². The molecule has 3 rings (SSSR count). The minimum absolute atomic E-state index is 0.0127. The third-order valence-electron chi connectivity index (χ3n) is 3.65. The van der Waals surface area contributed by atoms with E-state index >= 15 is 0 Å². The maximum Gasteiger partial charge on any atom is 0.287 e. The smallest absolute Gasteiger partial charge is 0.266 e. The Morgan fingerprint density at radius 3 is 2.70 bits per heavy atom. The van der Waals surface area contributed by atoms with Crippen molar-refractivity contribution in [3.63, 3.8) is 0 Å². The summed E-state index contributed by atoms with van der Waals surface area (Å²) in [5.74, 6) is -0.109. The molecule has 9 heteroatoms. The van der Waals surface area contributed by atoms with Crippen LogP contribution in [0, 0.1) is 0 Å². The summed E-state index contributed by atoms with van der Waals surface area (Å²) in [7, 11) is 0.434. The number of amides is 1. The maximum absolute atomic E-state index is 12.8. The maximum atomic E-state index is 12.8. The van der Waals surface area contributed by atoms with Crippen LogP contribution >= 0.6 is 22.7 Å². The Balaban J connectivity index is 1.85. The van der Waals surface area contributed by atoms with E-state index < -0.39 is 9.84 Å². The van der Waals surface area contributed by atoms with Crippen molar-refractivity contribution >= 4 is 38.4 Å². The van der Waals surface area contributed by atoms with Crippen molar-refractivity contribution in [1.29, 1.82) is 0 Å². The molecule has 0 saturated carbocycles. The van der Waals surface area contributed by atoms with Gasteiger partial charge in [0, 0.05) is 19.5 Å². The Labute approximate surface area is 143 Å². The van der Waals surface area contributed by atoms with Gasteiger partial charge in [-0.3, -0.25) is 9.80 Å². The zero-order chi connectivity index (χ0) is 16.6. The standard InChI is InChI=1S/C14H17N3O3S3/c1-16(2)17(10-5-7-23(19,20)9-10)14(18)11-8-22-13(15-11)12-4-3-6-21-12/h3-4,6,8,10H,5,7,9H2,1-2H3. The molecule has 124 valence electrons. The van der Waals surface area contributed by atoms with Gasteiger partial charge in [0.2, 0.25) is 0 Å². The Morgan fingerprint density at radius 2 is 2.13 bits per heavy atom. The van der Waals surface area contributed by atoms with Gasteiger partial charge in [0.1, 0.15) is 10.7 Å². The number of sulfone groups is 1. The molecule has 0 spiro atoms. The lowest BCUT2D eigenvalue weighted by atomic mass is 10.2. The van der Waals surface area contributed by atoms with Crippen LogP contribution in [-0.4, -0.2) is 61.0 Å². The zero-order valence-corrected chi connectivity index (χ0v) is 15.2. The highest BCUT2D eigenvalue weighted by molar-refractivity contribution is 7.91. The molecule has 0 radical (unpaired) electrons. The van der Waals surface area contributed by atoms with Gasteiger partial charge in [-0.05, 0) is 17.9 Å². The fourth-order valence-corrected chi connectivity index (χ4v) is 5.95. The number of thiophene rings is 1. The topological polar surface area (TPSA) is 70.6 Å². The van der Waals surface area contributed by atoms with E-state index in [0.717, 1.165) is 9.88 Å². The fourth-order valence-electron chi connectivity index (χ4n) is 2.65. The molecule has 0 aliphatic carbocycles. The average Bonchev–Trinajstić information content (AvgIpc) is 3.17. The number of hydrogen-bond acceptors (Lipinski definition) is 7. The summed E-state index contributed by atoms with van der Waals surface area (Å²) in [6.45, 7) is 0. The van der Waals surface area contributed by atoms with Crippen molar-refractivity contribution in [2.45, 2.75) is 12.5 Å². The predicted octanol–water partition coefficient (Wildman–Crippen LogP) is 1.98. The van der Waals surface area contributed by atoms with Gasteiger partial charge >= 0.3 is 0 Å². The van der Waals surface area contributed by atoms with Crippen molar-refractivity contribution in [2.24, 2.45) is 0 Å². The third-order valence-corrected chi connectivity index (χ3v) is 7.28. The fraction of sp³-hybridized carbons (Fsp3) is 0.429. The molecule has 0 aromatic carbocycles. The quantitative estimate of drug-likeness (QED) is 0.769. The molecule has 1 atom stereocenters. The minimum Gasteiger partial charge on any atom is -0.266 e. The number of carbonyl (C=O) groups excluding carboxylic acids is 1. The minimum atomic E-state index is -3.06. The van der Waals surface area contributed by atoms with Crippen molar-refractivity contribution in [3.8, 4) is 9.88 Å². The summed E-state index contributed by atoms with van der Waals surface area (Å²) in [6, 6.07) is 3.58. The van der Waals surface area contributed by atoms with Gasteiger partial charge in [-0.15, -0.1) is 22.7 Å². The lowest BCUT2D eigenvalue weighted by Gasteiger charge is -2.33. The van der Waals surface area contributed by atoms with Crippen molar-refractivity contribution < 1.29 is 13.2 Å². The molecular formula is C14H17N3O3S3. The summed E-state index contributed by atoms with van der Waals surface area (Å²) >= 11 is 3.00. The third kappa shape index (κ3) is 3.47. The van der Waals surface area contributed by atoms with Gasteiger partial charge in [-0.1, -0.05) is 6.07 Å². The molecule has 0 bridgehead atoms.